The molecule has 140 valence electrons. The lowest BCUT2D eigenvalue weighted by molar-refractivity contribution is 0.0982. The van der Waals surface area contributed by atoms with Gasteiger partial charge >= 0.3 is 0 Å². The van der Waals surface area contributed by atoms with Crippen LogP contribution in [0.5, 0.6) is 0 Å². The molecule has 0 saturated heterocycles. The number of methoxy groups -OCH3 is 1. The molecular weight excluding hydrogens is 360 g/mol. The number of Topliss-reactive ketones (excluding diaryl/α,β-unsaturated/α-hetero) is 1. The number of benzene rings is 2. The zero-order valence-electron chi connectivity index (χ0n) is 15.3. The highest BCUT2D eigenvalue weighted by molar-refractivity contribution is 7.99. The molecule has 0 bridgehead atoms. The van der Waals surface area contributed by atoms with Gasteiger partial charge in [0, 0.05) is 24.8 Å². The van der Waals surface area contributed by atoms with Gasteiger partial charge in [0.1, 0.15) is 0 Å². The first-order valence-electron chi connectivity index (χ1n) is 8.90. The molecule has 0 atom stereocenters. The van der Waals surface area contributed by atoms with Crippen molar-refractivity contribution in [3.8, 4) is 0 Å². The van der Waals surface area contributed by atoms with E-state index >= 15 is 0 Å². The molecule has 0 fully saturated rings. The molecule has 0 N–H and O–H groups in total. The Morgan fingerprint density at radius 2 is 1.85 bits per heavy atom. The summed E-state index contributed by atoms with van der Waals surface area (Å²) < 4.78 is 6.79. The van der Waals surface area contributed by atoms with E-state index in [-0.39, 0.29) is 11.3 Å². The van der Waals surface area contributed by atoms with E-state index in [2.05, 4.69) is 4.98 Å². The summed E-state index contributed by atoms with van der Waals surface area (Å²) in [4.78, 5) is 29.6. The first kappa shape index (κ1) is 19.3. The van der Waals surface area contributed by atoms with Crippen LogP contribution < -0.4 is 5.56 Å². The van der Waals surface area contributed by atoms with Crippen molar-refractivity contribution < 1.29 is 9.53 Å². The quantitative estimate of drug-likeness (QED) is 0.244. The second kappa shape index (κ2) is 9.48. The van der Waals surface area contributed by atoms with E-state index in [0.29, 0.717) is 35.6 Å². The number of rotatable bonds is 9. The van der Waals surface area contributed by atoms with Crippen LogP contribution in [0.2, 0.25) is 0 Å². The summed E-state index contributed by atoms with van der Waals surface area (Å²) >= 11 is 1.51. The predicted molar refractivity (Wildman–Crippen MR) is 109 cm³/mol. The van der Waals surface area contributed by atoms with Crippen LogP contribution in [0.15, 0.2) is 64.5 Å². The van der Waals surface area contributed by atoms with E-state index in [1.807, 2.05) is 48.5 Å². The van der Waals surface area contributed by atoms with Gasteiger partial charge in [0.15, 0.2) is 10.9 Å². The monoisotopic (exact) mass is 382 g/mol. The van der Waals surface area contributed by atoms with Crippen LogP contribution in [-0.2, 0) is 11.3 Å². The number of ketones is 1. The fourth-order valence-electron chi connectivity index (χ4n) is 2.80. The zero-order chi connectivity index (χ0) is 19.1. The molecule has 0 aliphatic heterocycles. The highest BCUT2D eigenvalue weighted by Crippen LogP contribution is 2.19. The molecule has 0 spiro atoms. The summed E-state index contributed by atoms with van der Waals surface area (Å²) in [7, 11) is 1.61. The first-order chi connectivity index (χ1) is 13.2. The Balaban J connectivity index is 1.70. The number of hydrogen-bond acceptors (Lipinski definition) is 5. The van der Waals surface area contributed by atoms with Crippen LogP contribution in [0, 0.1) is 0 Å². The molecule has 0 radical (unpaired) electrons. The van der Waals surface area contributed by atoms with Crippen molar-refractivity contribution in [2.75, 3.05) is 19.5 Å². The Morgan fingerprint density at radius 1 is 1.11 bits per heavy atom. The van der Waals surface area contributed by atoms with Gasteiger partial charge in [0.25, 0.3) is 5.56 Å². The van der Waals surface area contributed by atoms with E-state index in [1.165, 1.54) is 11.8 Å². The van der Waals surface area contributed by atoms with Gasteiger partial charge in [-0.1, -0.05) is 54.2 Å². The maximum absolute atomic E-state index is 12.8. The summed E-state index contributed by atoms with van der Waals surface area (Å²) in [5.41, 5.74) is 1.38. The average Bonchev–Trinajstić information content (AvgIpc) is 2.71. The number of hydrogen-bond donors (Lipinski definition) is 0. The molecule has 2 aromatic carbocycles. The Labute approximate surface area is 162 Å². The standard InChI is InChI=1S/C21H22N2O3S/c1-26-14-13-23-20(25)17-10-5-6-11-18(17)22-21(23)27-15-7-12-19(24)16-8-3-2-4-9-16/h2-6,8-11H,7,12-15H2,1H3. The molecule has 5 nitrogen and oxygen atoms in total. The summed E-state index contributed by atoms with van der Waals surface area (Å²) in [5, 5.41) is 1.28. The van der Waals surface area contributed by atoms with Crippen LogP contribution in [0.1, 0.15) is 23.2 Å². The van der Waals surface area contributed by atoms with E-state index in [9.17, 15) is 9.59 Å². The molecule has 0 aliphatic carbocycles. The highest BCUT2D eigenvalue weighted by Gasteiger charge is 2.12. The smallest absolute Gasteiger partial charge is 0.262 e. The van der Waals surface area contributed by atoms with Gasteiger partial charge in [-0.25, -0.2) is 4.98 Å². The number of carbonyl (C=O) groups is 1. The van der Waals surface area contributed by atoms with Crippen molar-refractivity contribution in [2.24, 2.45) is 0 Å². The average molecular weight is 382 g/mol. The molecule has 27 heavy (non-hydrogen) atoms. The molecule has 3 rings (SSSR count). The van der Waals surface area contributed by atoms with Gasteiger partial charge in [-0.15, -0.1) is 0 Å². The molecule has 0 saturated carbocycles. The first-order valence-corrected chi connectivity index (χ1v) is 9.89. The van der Waals surface area contributed by atoms with Gasteiger partial charge in [0.05, 0.1) is 24.1 Å². The number of ether oxygens (including phenoxy) is 1. The molecule has 1 heterocycles. The molecule has 0 amide bonds. The van der Waals surface area contributed by atoms with Crippen LogP contribution >= 0.6 is 11.8 Å². The number of carbonyl (C=O) groups excluding carboxylic acids is 1. The maximum atomic E-state index is 12.8. The highest BCUT2D eigenvalue weighted by atomic mass is 32.2. The third-order valence-corrected chi connectivity index (χ3v) is 5.28. The van der Waals surface area contributed by atoms with Gasteiger partial charge < -0.3 is 4.74 Å². The van der Waals surface area contributed by atoms with Crippen molar-refractivity contribution in [3.63, 3.8) is 0 Å². The van der Waals surface area contributed by atoms with E-state index in [4.69, 9.17) is 4.74 Å². The lowest BCUT2D eigenvalue weighted by Gasteiger charge is -2.12. The van der Waals surface area contributed by atoms with Crippen molar-refractivity contribution in [3.05, 3.63) is 70.5 Å². The third kappa shape index (κ3) is 4.84. The molecule has 1 aromatic heterocycles. The number of fused-ring (bicyclic) bond motifs is 1. The lowest BCUT2D eigenvalue weighted by Crippen LogP contribution is -2.25. The van der Waals surface area contributed by atoms with E-state index in [1.54, 1.807) is 17.7 Å². The largest absolute Gasteiger partial charge is 0.383 e. The summed E-state index contributed by atoms with van der Waals surface area (Å²) in [6.45, 7) is 0.901. The van der Waals surface area contributed by atoms with Crippen LogP contribution in [-0.4, -0.2) is 34.8 Å². The fraction of sp³-hybridized carbons (Fsp3) is 0.286. The normalized spacial score (nSPS) is 11.0. The minimum atomic E-state index is -0.0551. The topological polar surface area (TPSA) is 61.2 Å². The summed E-state index contributed by atoms with van der Waals surface area (Å²) in [6.07, 6.45) is 1.21. The molecule has 0 unspecified atom stereocenters. The Bertz CT molecular complexity index is 970. The van der Waals surface area contributed by atoms with Crippen molar-refractivity contribution >= 4 is 28.4 Å². The Kier molecular flexibility index (Phi) is 6.79. The molecule has 0 aliphatic rings. The number of aromatic nitrogens is 2. The van der Waals surface area contributed by atoms with Crippen molar-refractivity contribution in [1.29, 1.82) is 0 Å². The van der Waals surface area contributed by atoms with Gasteiger partial charge in [-0.2, -0.15) is 0 Å². The van der Waals surface area contributed by atoms with E-state index < -0.39 is 0 Å². The molecular formula is C21H22N2O3S. The summed E-state index contributed by atoms with van der Waals surface area (Å²) in [6, 6.07) is 16.7. The number of para-hydroxylation sites is 1. The van der Waals surface area contributed by atoms with Gasteiger partial charge in [-0.05, 0) is 18.6 Å². The Hall–Kier alpha value is -2.44. The van der Waals surface area contributed by atoms with Crippen LogP contribution in [0.25, 0.3) is 10.9 Å². The minimum absolute atomic E-state index is 0.0551. The lowest BCUT2D eigenvalue weighted by atomic mass is 10.1. The van der Waals surface area contributed by atoms with Crippen LogP contribution in [0.3, 0.4) is 0 Å². The summed E-state index contributed by atoms with van der Waals surface area (Å²) in [5.74, 6) is 0.857. The molecule has 6 heteroatoms. The van der Waals surface area contributed by atoms with Gasteiger partial charge in [0.2, 0.25) is 0 Å². The maximum Gasteiger partial charge on any atom is 0.262 e. The Morgan fingerprint density at radius 3 is 2.63 bits per heavy atom. The fourth-order valence-corrected chi connectivity index (χ4v) is 3.77. The second-order valence-corrected chi connectivity index (χ2v) is 7.16. The number of thioether (sulfide) groups is 1. The predicted octanol–water partition coefficient (Wildman–Crippen LogP) is 3.80. The molecule has 3 aromatic rings. The van der Waals surface area contributed by atoms with Crippen molar-refractivity contribution in [1.82, 2.24) is 9.55 Å². The van der Waals surface area contributed by atoms with Gasteiger partial charge in [-0.3, -0.25) is 14.2 Å². The zero-order valence-corrected chi connectivity index (χ0v) is 16.1. The third-order valence-electron chi connectivity index (χ3n) is 4.22. The SMILES string of the molecule is COCCn1c(SCCCC(=O)c2ccccc2)nc2ccccc2c1=O. The van der Waals surface area contributed by atoms with E-state index in [0.717, 1.165) is 17.7 Å². The van der Waals surface area contributed by atoms with Crippen molar-refractivity contribution in [2.45, 2.75) is 24.5 Å². The van der Waals surface area contributed by atoms with Crippen LogP contribution in [0.4, 0.5) is 0 Å². The second-order valence-electron chi connectivity index (χ2n) is 6.10. The number of nitrogens with zero attached hydrogens (tertiary/aromatic N) is 2. The minimum Gasteiger partial charge on any atom is -0.383 e.